The van der Waals surface area contributed by atoms with Crippen LogP contribution in [0.3, 0.4) is 0 Å². The van der Waals surface area contributed by atoms with Crippen LogP contribution in [-0.2, 0) is 7.05 Å². The Balaban J connectivity index is 2.02. The van der Waals surface area contributed by atoms with Crippen LogP contribution in [0.4, 0.5) is 21.7 Å². The quantitative estimate of drug-likeness (QED) is 0.738. The van der Waals surface area contributed by atoms with E-state index in [9.17, 15) is 4.39 Å². The predicted octanol–water partition coefficient (Wildman–Crippen LogP) is 3.29. The van der Waals surface area contributed by atoms with Gasteiger partial charge >= 0.3 is 0 Å². The summed E-state index contributed by atoms with van der Waals surface area (Å²) < 4.78 is 20.8. The van der Waals surface area contributed by atoms with Gasteiger partial charge in [-0.05, 0) is 42.8 Å². The van der Waals surface area contributed by atoms with Crippen LogP contribution in [0.15, 0.2) is 36.4 Å². The van der Waals surface area contributed by atoms with E-state index in [1.54, 1.807) is 38.3 Å². The molecule has 0 bridgehead atoms. The van der Waals surface area contributed by atoms with E-state index >= 15 is 0 Å². The predicted molar refractivity (Wildman–Crippen MR) is 96.6 cm³/mol. The molecule has 3 rings (SSSR count). The number of benzene rings is 2. The van der Waals surface area contributed by atoms with E-state index in [-0.39, 0.29) is 5.82 Å². The van der Waals surface area contributed by atoms with Gasteiger partial charge in [0, 0.05) is 31.5 Å². The normalized spacial score (nSPS) is 10.8. The van der Waals surface area contributed by atoms with Gasteiger partial charge in [-0.1, -0.05) is 0 Å². The fourth-order valence-electron chi connectivity index (χ4n) is 2.69. The monoisotopic (exact) mass is 341 g/mol. The summed E-state index contributed by atoms with van der Waals surface area (Å²) in [5, 5.41) is 8.56. The molecule has 7 heteroatoms. The van der Waals surface area contributed by atoms with Gasteiger partial charge in [0.05, 0.1) is 12.7 Å². The van der Waals surface area contributed by atoms with Crippen molar-refractivity contribution in [3.63, 3.8) is 0 Å². The average Bonchev–Trinajstić information content (AvgIpc) is 2.98. The first kappa shape index (κ1) is 16.8. The molecule has 6 nitrogen and oxygen atoms in total. The molecule has 0 unspecified atom stereocenters. The van der Waals surface area contributed by atoms with Crippen LogP contribution in [0.25, 0.3) is 11.4 Å². The number of nitrogens with zero attached hydrogens (tertiary/aromatic N) is 4. The lowest BCUT2D eigenvalue weighted by Gasteiger charge is -2.19. The Morgan fingerprint density at radius 2 is 1.92 bits per heavy atom. The highest BCUT2D eigenvalue weighted by Gasteiger charge is 2.18. The maximum absolute atomic E-state index is 13.5. The minimum atomic E-state index is -0.234. The second-order valence-corrected chi connectivity index (χ2v) is 5.83. The number of halogens is 1. The first-order valence-electron chi connectivity index (χ1n) is 7.75. The number of hydrogen-bond acceptors (Lipinski definition) is 5. The van der Waals surface area contributed by atoms with E-state index in [0.717, 1.165) is 11.3 Å². The fraction of sp³-hybridized carbons (Fsp3) is 0.222. The first-order chi connectivity index (χ1) is 11.9. The number of nitrogens with two attached hydrogens (primary N) is 1. The Labute approximate surface area is 145 Å². The van der Waals surface area contributed by atoms with E-state index in [1.807, 2.05) is 29.6 Å². The van der Waals surface area contributed by atoms with Crippen LogP contribution in [0.1, 0.15) is 5.56 Å². The maximum Gasteiger partial charge on any atom is 0.231 e. The summed E-state index contributed by atoms with van der Waals surface area (Å²) in [6.07, 6.45) is 0. The van der Waals surface area contributed by atoms with Crippen molar-refractivity contribution in [1.29, 1.82) is 0 Å². The van der Waals surface area contributed by atoms with Crippen LogP contribution in [0.5, 0.6) is 5.75 Å². The van der Waals surface area contributed by atoms with Crippen LogP contribution in [0.2, 0.25) is 0 Å². The van der Waals surface area contributed by atoms with Gasteiger partial charge in [-0.15, -0.1) is 10.2 Å². The first-order valence-corrected chi connectivity index (χ1v) is 7.75. The molecule has 130 valence electrons. The van der Waals surface area contributed by atoms with Crippen molar-refractivity contribution in [2.24, 2.45) is 7.05 Å². The van der Waals surface area contributed by atoms with Crippen LogP contribution in [0, 0.1) is 12.7 Å². The minimum Gasteiger partial charge on any atom is -0.496 e. The Kier molecular flexibility index (Phi) is 4.31. The molecular formula is C18H20FN5O. The van der Waals surface area contributed by atoms with E-state index in [0.29, 0.717) is 28.8 Å². The number of ether oxygens (including phenoxy) is 1. The molecule has 25 heavy (non-hydrogen) atoms. The van der Waals surface area contributed by atoms with Crippen molar-refractivity contribution in [3.05, 3.63) is 47.8 Å². The molecular weight excluding hydrogens is 321 g/mol. The SMILES string of the molecule is COc1cc(N)ccc1-c1nnc(N(C)c2ccc(F)c(C)c2)n1C. The number of rotatable bonds is 4. The Morgan fingerprint density at radius 3 is 2.60 bits per heavy atom. The molecule has 0 atom stereocenters. The summed E-state index contributed by atoms with van der Waals surface area (Å²) in [7, 11) is 5.32. The van der Waals surface area contributed by atoms with Crippen molar-refractivity contribution < 1.29 is 9.13 Å². The van der Waals surface area contributed by atoms with Gasteiger partial charge in [0.2, 0.25) is 5.95 Å². The summed E-state index contributed by atoms with van der Waals surface area (Å²) in [5.41, 5.74) is 8.62. The number of hydrogen-bond donors (Lipinski definition) is 1. The molecule has 2 aromatic carbocycles. The van der Waals surface area contributed by atoms with Gasteiger partial charge in [-0.2, -0.15) is 0 Å². The standard InChI is InChI=1S/C18H20FN5O/c1-11-9-13(6-8-15(11)19)23(2)18-22-21-17(24(18)3)14-7-5-12(20)10-16(14)25-4/h5-10H,20H2,1-4H3. The molecule has 0 saturated heterocycles. The Hall–Kier alpha value is -3.09. The number of aryl methyl sites for hydroxylation is 1. The number of methoxy groups -OCH3 is 1. The van der Waals surface area contributed by atoms with E-state index in [2.05, 4.69) is 10.2 Å². The average molecular weight is 341 g/mol. The van der Waals surface area contributed by atoms with Crippen molar-refractivity contribution in [3.8, 4) is 17.1 Å². The van der Waals surface area contributed by atoms with E-state index in [4.69, 9.17) is 10.5 Å². The van der Waals surface area contributed by atoms with Gasteiger partial charge in [-0.3, -0.25) is 4.57 Å². The summed E-state index contributed by atoms with van der Waals surface area (Å²) in [6.45, 7) is 1.73. The molecule has 3 aromatic rings. The van der Waals surface area contributed by atoms with Crippen LogP contribution >= 0.6 is 0 Å². The van der Waals surface area contributed by atoms with Crippen LogP contribution in [-0.4, -0.2) is 28.9 Å². The largest absolute Gasteiger partial charge is 0.496 e. The Morgan fingerprint density at radius 1 is 1.16 bits per heavy atom. The second kappa shape index (κ2) is 6.43. The zero-order chi connectivity index (χ0) is 18.1. The molecule has 0 fully saturated rings. The highest BCUT2D eigenvalue weighted by molar-refractivity contribution is 5.70. The third kappa shape index (κ3) is 3.00. The summed E-state index contributed by atoms with van der Waals surface area (Å²) in [5.74, 6) is 1.67. The van der Waals surface area contributed by atoms with Gasteiger partial charge in [0.25, 0.3) is 0 Å². The summed E-state index contributed by atoms with van der Waals surface area (Å²) >= 11 is 0. The summed E-state index contributed by atoms with van der Waals surface area (Å²) in [6, 6.07) is 10.3. The number of aromatic nitrogens is 3. The van der Waals surface area contributed by atoms with E-state index in [1.165, 1.54) is 6.07 Å². The second-order valence-electron chi connectivity index (χ2n) is 5.83. The van der Waals surface area contributed by atoms with Crippen molar-refractivity contribution >= 4 is 17.3 Å². The van der Waals surface area contributed by atoms with E-state index < -0.39 is 0 Å². The van der Waals surface area contributed by atoms with Gasteiger partial charge in [0.1, 0.15) is 11.6 Å². The molecule has 1 heterocycles. The smallest absolute Gasteiger partial charge is 0.231 e. The number of nitrogen functional groups attached to an aromatic ring is 1. The Bertz CT molecular complexity index is 922. The molecule has 0 radical (unpaired) electrons. The third-order valence-electron chi connectivity index (χ3n) is 4.15. The third-order valence-corrected chi connectivity index (χ3v) is 4.15. The zero-order valence-electron chi connectivity index (χ0n) is 14.6. The van der Waals surface area contributed by atoms with Gasteiger partial charge < -0.3 is 15.4 Å². The molecule has 0 spiro atoms. The van der Waals surface area contributed by atoms with Gasteiger partial charge in [-0.25, -0.2) is 4.39 Å². The lowest BCUT2D eigenvalue weighted by molar-refractivity contribution is 0.416. The molecule has 2 N–H and O–H groups in total. The van der Waals surface area contributed by atoms with Crippen molar-refractivity contribution in [2.75, 3.05) is 24.8 Å². The maximum atomic E-state index is 13.5. The molecule has 0 amide bonds. The molecule has 0 saturated carbocycles. The highest BCUT2D eigenvalue weighted by Crippen LogP contribution is 2.33. The van der Waals surface area contributed by atoms with Crippen LogP contribution < -0.4 is 15.4 Å². The lowest BCUT2D eigenvalue weighted by Crippen LogP contribution is -2.15. The molecule has 0 aliphatic heterocycles. The molecule has 0 aliphatic rings. The lowest BCUT2D eigenvalue weighted by atomic mass is 10.1. The topological polar surface area (TPSA) is 69.2 Å². The minimum absolute atomic E-state index is 0.234. The zero-order valence-corrected chi connectivity index (χ0v) is 14.6. The fourth-order valence-corrected chi connectivity index (χ4v) is 2.69. The highest BCUT2D eigenvalue weighted by atomic mass is 19.1. The van der Waals surface area contributed by atoms with Crippen molar-refractivity contribution in [2.45, 2.75) is 6.92 Å². The van der Waals surface area contributed by atoms with Gasteiger partial charge in [0.15, 0.2) is 5.82 Å². The molecule has 0 aliphatic carbocycles. The number of anilines is 3. The summed E-state index contributed by atoms with van der Waals surface area (Å²) in [4.78, 5) is 1.85. The molecule has 1 aromatic heterocycles. The van der Waals surface area contributed by atoms with Crippen molar-refractivity contribution in [1.82, 2.24) is 14.8 Å².